The van der Waals surface area contributed by atoms with E-state index < -0.39 is 5.97 Å². The van der Waals surface area contributed by atoms with Crippen molar-refractivity contribution >= 4 is 32.9 Å². The zero-order chi connectivity index (χ0) is 14.0. The van der Waals surface area contributed by atoms with Gasteiger partial charge in [-0.25, -0.2) is 9.78 Å². The number of nitrogens with zero attached hydrogens (tertiary/aromatic N) is 2. The van der Waals surface area contributed by atoms with E-state index in [4.69, 9.17) is 4.74 Å². The van der Waals surface area contributed by atoms with Gasteiger partial charge in [-0.15, -0.1) is 0 Å². The number of hydrogen-bond donors (Lipinski definition) is 0. The van der Waals surface area contributed by atoms with Crippen LogP contribution in [0.5, 0.6) is 0 Å². The van der Waals surface area contributed by atoms with Gasteiger partial charge in [-0.05, 0) is 41.9 Å². The van der Waals surface area contributed by atoms with Gasteiger partial charge in [-0.2, -0.15) is 0 Å². The Morgan fingerprint density at radius 3 is 2.79 bits per heavy atom. The highest BCUT2D eigenvalue weighted by molar-refractivity contribution is 9.10. The predicted octanol–water partition coefficient (Wildman–Crippen LogP) is 2.36. The maximum Gasteiger partial charge on any atom is 0.343 e. The Kier molecular flexibility index (Phi) is 3.99. The summed E-state index contributed by atoms with van der Waals surface area (Å²) in [6.45, 7) is 4.21. The number of fused-ring (bicyclic) bond motifs is 1. The number of carbonyl (C=O) groups is 1. The first-order valence-corrected chi connectivity index (χ1v) is 6.74. The molecule has 2 aromatic rings. The standard InChI is InChI=1S/C13H13BrN2O3/c1-3-16-11-8(5-9(14)7-15-11)6-10(12(16)17)13(18)19-4-2/h5-7H,3-4H2,1-2H3. The summed E-state index contributed by atoms with van der Waals surface area (Å²) in [4.78, 5) is 28.2. The highest BCUT2D eigenvalue weighted by Gasteiger charge is 2.16. The molecule has 0 saturated heterocycles. The number of aromatic nitrogens is 2. The van der Waals surface area contributed by atoms with Gasteiger partial charge in [0.25, 0.3) is 5.56 Å². The van der Waals surface area contributed by atoms with Crippen molar-refractivity contribution in [2.24, 2.45) is 0 Å². The second-order valence-electron chi connectivity index (χ2n) is 3.89. The molecule has 6 heteroatoms. The normalized spacial score (nSPS) is 10.7. The Morgan fingerprint density at radius 2 is 2.16 bits per heavy atom. The minimum Gasteiger partial charge on any atom is -0.462 e. The predicted molar refractivity (Wildman–Crippen MR) is 75.3 cm³/mol. The number of aryl methyl sites for hydroxylation is 1. The summed E-state index contributed by atoms with van der Waals surface area (Å²) < 4.78 is 7.16. The van der Waals surface area contributed by atoms with Crippen molar-refractivity contribution in [3.63, 3.8) is 0 Å². The summed E-state index contributed by atoms with van der Waals surface area (Å²) in [5, 5.41) is 0.721. The van der Waals surface area contributed by atoms with Gasteiger partial charge in [0.2, 0.25) is 0 Å². The third-order valence-corrected chi connectivity index (χ3v) is 3.14. The Balaban J connectivity index is 2.76. The van der Waals surface area contributed by atoms with Crippen molar-refractivity contribution in [1.29, 1.82) is 0 Å². The fraction of sp³-hybridized carbons (Fsp3) is 0.308. The number of pyridine rings is 2. The molecule has 0 N–H and O–H groups in total. The molecular weight excluding hydrogens is 312 g/mol. The van der Waals surface area contributed by atoms with Crippen LogP contribution in [0.2, 0.25) is 0 Å². The summed E-state index contributed by atoms with van der Waals surface area (Å²) >= 11 is 3.32. The number of ether oxygens (including phenoxy) is 1. The van der Waals surface area contributed by atoms with Crippen molar-refractivity contribution in [3.8, 4) is 0 Å². The lowest BCUT2D eigenvalue weighted by atomic mass is 10.2. The molecule has 0 aliphatic carbocycles. The lowest BCUT2D eigenvalue weighted by Gasteiger charge is -2.09. The Bertz CT molecular complexity index is 694. The molecule has 0 bridgehead atoms. The Labute approximate surface area is 118 Å². The lowest BCUT2D eigenvalue weighted by Crippen LogP contribution is -2.27. The van der Waals surface area contributed by atoms with Gasteiger partial charge in [0.15, 0.2) is 0 Å². The molecule has 0 aliphatic heterocycles. The van der Waals surface area contributed by atoms with E-state index >= 15 is 0 Å². The van der Waals surface area contributed by atoms with Gasteiger partial charge in [-0.3, -0.25) is 9.36 Å². The van der Waals surface area contributed by atoms with Crippen molar-refractivity contribution < 1.29 is 9.53 Å². The second-order valence-corrected chi connectivity index (χ2v) is 4.81. The molecule has 2 aromatic heterocycles. The molecule has 0 spiro atoms. The van der Waals surface area contributed by atoms with E-state index in [2.05, 4.69) is 20.9 Å². The summed E-state index contributed by atoms with van der Waals surface area (Å²) in [6, 6.07) is 3.34. The van der Waals surface area contributed by atoms with E-state index in [1.807, 2.05) is 13.0 Å². The number of esters is 1. The molecule has 0 aromatic carbocycles. The SMILES string of the molecule is CCOC(=O)c1cc2cc(Br)cnc2n(CC)c1=O. The van der Waals surface area contributed by atoms with Crippen LogP contribution in [0.3, 0.4) is 0 Å². The Hall–Kier alpha value is -1.69. The van der Waals surface area contributed by atoms with Crippen LogP contribution in [0.1, 0.15) is 24.2 Å². The Morgan fingerprint density at radius 1 is 1.42 bits per heavy atom. The van der Waals surface area contributed by atoms with Gasteiger partial charge >= 0.3 is 5.97 Å². The van der Waals surface area contributed by atoms with Crippen LogP contribution in [0, 0.1) is 0 Å². The second kappa shape index (κ2) is 5.52. The van der Waals surface area contributed by atoms with E-state index in [9.17, 15) is 9.59 Å². The van der Waals surface area contributed by atoms with Gasteiger partial charge in [0.05, 0.1) is 6.61 Å². The summed E-state index contributed by atoms with van der Waals surface area (Å²) in [5.41, 5.74) is 0.225. The average molecular weight is 325 g/mol. The third-order valence-electron chi connectivity index (χ3n) is 2.70. The van der Waals surface area contributed by atoms with Crippen molar-refractivity contribution in [2.75, 3.05) is 6.61 Å². The van der Waals surface area contributed by atoms with Crippen LogP contribution in [0.25, 0.3) is 11.0 Å². The number of rotatable bonds is 3. The molecule has 19 heavy (non-hydrogen) atoms. The maximum absolute atomic E-state index is 12.2. The molecule has 5 nitrogen and oxygen atoms in total. The quantitative estimate of drug-likeness (QED) is 0.813. The fourth-order valence-electron chi connectivity index (χ4n) is 1.89. The monoisotopic (exact) mass is 324 g/mol. The lowest BCUT2D eigenvalue weighted by molar-refractivity contribution is 0.0524. The number of hydrogen-bond acceptors (Lipinski definition) is 4. The van der Waals surface area contributed by atoms with Gasteiger partial charge in [0, 0.05) is 22.6 Å². The van der Waals surface area contributed by atoms with Crippen LogP contribution in [0.4, 0.5) is 0 Å². The fourth-order valence-corrected chi connectivity index (χ4v) is 2.24. The van der Waals surface area contributed by atoms with Gasteiger partial charge in [0.1, 0.15) is 11.2 Å². The molecule has 0 saturated carbocycles. The van der Waals surface area contributed by atoms with Crippen LogP contribution < -0.4 is 5.56 Å². The first-order chi connectivity index (χ1) is 9.08. The molecule has 0 unspecified atom stereocenters. The molecule has 0 amide bonds. The first kappa shape index (κ1) is 13.7. The van der Waals surface area contributed by atoms with Crippen molar-refractivity contribution in [2.45, 2.75) is 20.4 Å². The highest BCUT2D eigenvalue weighted by Crippen LogP contribution is 2.17. The van der Waals surface area contributed by atoms with Crippen molar-refractivity contribution in [1.82, 2.24) is 9.55 Å². The van der Waals surface area contributed by atoms with Crippen LogP contribution in [-0.2, 0) is 11.3 Å². The zero-order valence-corrected chi connectivity index (χ0v) is 12.2. The van der Waals surface area contributed by atoms with Crippen LogP contribution in [0.15, 0.2) is 27.6 Å². The molecule has 0 radical (unpaired) electrons. The first-order valence-electron chi connectivity index (χ1n) is 5.94. The van der Waals surface area contributed by atoms with Gasteiger partial charge < -0.3 is 4.74 Å². The molecule has 0 fully saturated rings. The molecule has 0 atom stereocenters. The van der Waals surface area contributed by atoms with E-state index in [1.165, 1.54) is 10.6 Å². The van der Waals surface area contributed by atoms with Crippen LogP contribution >= 0.6 is 15.9 Å². The van der Waals surface area contributed by atoms with E-state index in [1.54, 1.807) is 13.1 Å². The largest absolute Gasteiger partial charge is 0.462 e. The summed E-state index contributed by atoms with van der Waals surface area (Å²) in [7, 11) is 0. The molecule has 0 aliphatic rings. The minimum atomic E-state index is -0.600. The van der Waals surface area contributed by atoms with Gasteiger partial charge in [-0.1, -0.05) is 0 Å². The summed E-state index contributed by atoms with van der Waals surface area (Å²) in [5.74, 6) is -0.600. The van der Waals surface area contributed by atoms with Crippen LogP contribution in [-0.4, -0.2) is 22.1 Å². The smallest absolute Gasteiger partial charge is 0.343 e. The molecular formula is C13H13BrN2O3. The average Bonchev–Trinajstić information content (AvgIpc) is 2.38. The number of carbonyl (C=O) groups excluding carboxylic acids is 1. The molecule has 100 valence electrons. The zero-order valence-electron chi connectivity index (χ0n) is 10.6. The molecule has 2 heterocycles. The van der Waals surface area contributed by atoms with E-state index in [0.29, 0.717) is 12.2 Å². The maximum atomic E-state index is 12.2. The third kappa shape index (κ3) is 2.53. The molecule has 2 rings (SSSR count). The topological polar surface area (TPSA) is 61.2 Å². The van der Waals surface area contributed by atoms with E-state index in [0.717, 1.165) is 9.86 Å². The summed E-state index contributed by atoms with van der Waals surface area (Å²) in [6.07, 6.45) is 1.62. The van der Waals surface area contributed by atoms with Crippen molar-refractivity contribution in [3.05, 3.63) is 38.7 Å². The van der Waals surface area contributed by atoms with E-state index in [-0.39, 0.29) is 17.7 Å². The number of halogens is 1. The minimum absolute atomic E-state index is 0.0381. The highest BCUT2D eigenvalue weighted by atomic mass is 79.9.